The van der Waals surface area contributed by atoms with E-state index in [4.69, 9.17) is 5.11 Å². The summed E-state index contributed by atoms with van der Waals surface area (Å²) >= 11 is 0. The molecule has 1 fully saturated rings. The lowest BCUT2D eigenvalue weighted by Gasteiger charge is -2.27. The Morgan fingerprint density at radius 3 is 2.75 bits per heavy atom. The molecular weight excluding hydrogens is 262 g/mol. The number of urea groups is 1. The average Bonchev–Trinajstić information content (AvgIpc) is 2.92. The van der Waals surface area contributed by atoms with Gasteiger partial charge < -0.3 is 15.4 Å². The van der Waals surface area contributed by atoms with Gasteiger partial charge in [0.05, 0.1) is 6.33 Å². The molecule has 110 valence electrons. The first-order chi connectivity index (χ1) is 9.65. The number of nitrogens with zero attached hydrogens (tertiary/aromatic N) is 2. The molecule has 1 atom stereocenters. The number of carboxylic acid groups (broad SMARTS) is 1. The molecule has 1 aliphatic rings. The second-order valence-electron chi connectivity index (χ2n) is 4.80. The number of amides is 2. The number of hydrogen-bond donors (Lipinski definition) is 4. The molecule has 1 aromatic heterocycles. The van der Waals surface area contributed by atoms with Gasteiger partial charge in [-0.25, -0.2) is 19.6 Å². The number of hydrogen-bond acceptors (Lipinski definition) is 4. The summed E-state index contributed by atoms with van der Waals surface area (Å²) in [7, 11) is 0. The highest BCUT2D eigenvalue weighted by atomic mass is 16.4. The number of piperidine rings is 1. The number of imidazole rings is 1. The molecule has 1 aromatic rings. The smallest absolute Gasteiger partial charge is 0.330 e. The third-order valence-corrected chi connectivity index (χ3v) is 3.20. The number of aliphatic carboxylic acids is 1. The molecule has 8 heteroatoms. The van der Waals surface area contributed by atoms with Crippen LogP contribution in [0.5, 0.6) is 0 Å². The zero-order chi connectivity index (χ0) is 14.4. The van der Waals surface area contributed by atoms with Crippen LogP contribution >= 0.6 is 0 Å². The highest BCUT2D eigenvalue weighted by Crippen LogP contribution is 2.05. The monoisotopic (exact) mass is 281 g/mol. The van der Waals surface area contributed by atoms with Gasteiger partial charge in [0.2, 0.25) is 0 Å². The van der Waals surface area contributed by atoms with Gasteiger partial charge in [-0.05, 0) is 12.8 Å². The standard InChI is InChI=1S/C12H19N5O3/c18-11(19)10(6-9-7-13-8-14-9)15-12(20)16-17-4-2-1-3-5-17/h7-8,10H,1-6H2,(H,13,14)(H,18,19)(H2,15,16,20)/t10-/m1/s1. The van der Waals surface area contributed by atoms with Crippen LogP contribution in [-0.2, 0) is 11.2 Å². The second kappa shape index (κ2) is 6.90. The topological polar surface area (TPSA) is 110 Å². The molecule has 0 radical (unpaired) electrons. The normalized spacial score (nSPS) is 17.4. The average molecular weight is 281 g/mol. The third-order valence-electron chi connectivity index (χ3n) is 3.20. The van der Waals surface area contributed by atoms with E-state index in [0.29, 0.717) is 5.69 Å². The highest BCUT2D eigenvalue weighted by molar-refractivity contribution is 5.82. The summed E-state index contributed by atoms with van der Waals surface area (Å²) in [5.41, 5.74) is 3.34. The van der Waals surface area contributed by atoms with E-state index >= 15 is 0 Å². The summed E-state index contributed by atoms with van der Waals surface area (Å²) in [6.45, 7) is 1.59. The summed E-state index contributed by atoms with van der Waals surface area (Å²) in [6, 6.07) is -1.47. The summed E-state index contributed by atoms with van der Waals surface area (Å²) < 4.78 is 0. The maximum atomic E-state index is 11.8. The fourth-order valence-electron chi connectivity index (χ4n) is 2.16. The largest absolute Gasteiger partial charge is 0.480 e. The molecule has 20 heavy (non-hydrogen) atoms. The number of nitrogens with one attached hydrogen (secondary N) is 3. The van der Waals surface area contributed by atoms with E-state index < -0.39 is 18.0 Å². The fourth-order valence-corrected chi connectivity index (χ4v) is 2.16. The fraction of sp³-hybridized carbons (Fsp3) is 0.583. The van der Waals surface area contributed by atoms with Crippen LogP contribution in [0.4, 0.5) is 4.79 Å². The van der Waals surface area contributed by atoms with Crippen LogP contribution in [0.25, 0.3) is 0 Å². The van der Waals surface area contributed by atoms with Gasteiger partial charge in [0.25, 0.3) is 0 Å². The first-order valence-corrected chi connectivity index (χ1v) is 6.67. The predicted octanol–water partition coefficient (Wildman–Crippen LogP) is 0.106. The van der Waals surface area contributed by atoms with Crippen molar-refractivity contribution < 1.29 is 14.7 Å². The molecule has 4 N–H and O–H groups in total. The molecule has 0 aromatic carbocycles. The molecular formula is C12H19N5O3. The number of carbonyl (C=O) groups is 2. The van der Waals surface area contributed by atoms with Crippen molar-refractivity contribution in [2.24, 2.45) is 0 Å². The number of carboxylic acids is 1. The Labute approximate surface area is 116 Å². The van der Waals surface area contributed by atoms with Crippen molar-refractivity contribution in [3.63, 3.8) is 0 Å². The molecule has 2 rings (SSSR count). The Kier molecular flexibility index (Phi) is 4.94. The van der Waals surface area contributed by atoms with Crippen LogP contribution in [0.1, 0.15) is 25.0 Å². The Morgan fingerprint density at radius 2 is 2.15 bits per heavy atom. The molecule has 2 heterocycles. The number of aromatic amines is 1. The summed E-state index contributed by atoms with van der Waals surface area (Å²) in [6.07, 6.45) is 6.43. The van der Waals surface area contributed by atoms with Gasteiger partial charge in [0.15, 0.2) is 0 Å². The van der Waals surface area contributed by atoms with E-state index in [9.17, 15) is 9.59 Å². The van der Waals surface area contributed by atoms with E-state index in [1.165, 1.54) is 6.33 Å². The molecule has 0 spiro atoms. The van der Waals surface area contributed by atoms with Crippen LogP contribution in [0.15, 0.2) is 12.5 Å². The molecule has 2 amide bonds. The van der Waals surface area contributed by atoms with Crippen LogP contribution in [0, 0.1) is 0 Å². The molecule has 0 bridgehead atoms. The highest BCUT2D eigenvalue weighted by Gasteiger charge is 2.22. The van der Waals surface area contributed by atoms with E-state index in [-0.39, 0.29) is 6.42 Å². The second-order valence-corrected chi connectivity index (χ2v) is 4.80. The molecule has 0 saturated carbocycles. The number of rotatable bonds is 5. The van der Waals surface area contributed by atoms with Crippen LogP contribution in [0.2, 0.25) is 0 Å². The van der Waals surface area contributed by atoms with Gasteiger partial charge in [-0.3, -0.25) is 5.43 Å². The number of aromatic nitrogens is 2. The zero-order valence-corrected chi connectivity index (χ0v) is 11.1. The van der Waals surface area contributed by atoms with Crippen molar-refractivity contribution in [1.29, 1.82) is 0 Å². The third kappa shape index (κ3) is 4.23. The molecule has 1 saturated heterocycles. The van der Waals surface area contributed by atoms with Crippen molar-refractivity contribution >= 4 is 12.0 Å². The number of carbonyl (C=O) groups excluding carboxylic acids is 1. The van der Waals surface area contributed by atoms with Crippen molar-refractivity contribution in [3.8, 4) is 0 Å². The van der Waals surface area contributed by atoms with Gasteiger partial charge in [-0.2, -0.15) is 0 Å². The van der Waals surface area contributed by atoms with E-state index in [1.54, 1.807) is 6.20 Å². The Hall–Kier alpha value is -2.09. The van der Waals surface area contributed by atoms with Crippen LogP contribution in [-0.4, -0.2) is 51.2 Å². The van der Waals surface area contributed by atoms with E-state index in [0.717, 1.165) is 32.4 Å². The van der Waals surface area contributed by atoms with Gasteiger partial charge in [-0.1, -0.05) is 6.42 Å². The van der Waals surface area contributed by atoms with Crippen LogP contribution in [0.3, 0.4) is 0 Å². The minimum atomic E-state index is -1.08. The summed E-state index contributed by atoms with van der Waals surface area (Å²) in [4.78, 5) is 29.6. The number of hydrazine groups is 1. The minimum absolute atomic E-state index is 0.169. The maximum absolute atomic E-state index is 11.8. The minimum Gasteiger partial charge on any atom is -0.480 e. The van der Waals surface area contributed by atoms with Gasteiger partial charge in [0, 0.05) is 31.4 Å². The van der Waals surface area contributed by atoms with Gasteiger partial charge >= 0.3 is 12.0 Å². The molecule has 0 aliphatic carbocycles. The zero-order valence-electron chi connectivity index (χ0n) is 11.1. The first-order valence-electron chi connectivity index (χ1n) is 6.67. The molecule has 0 unspecified atom stereocenters. The Bertz CT molecular complexity index is 442. The Morgan fingerprint density at radius 1 is 1.40 bits per heavy atom. The van der Waals surface area contributed by atoms with Crippen LogP contribution < -0.4 is 10.7 Å². The summed E-state index contributed by atoms with van der Waals surface area (Å²) in [5, 5.41) is 13.4. The molecule has 8 nitrogen and oxygen atoms in total. The Balaban J connectivity index is 1.83. The lowest BCUT2D eigenvalue weighted by atomic mass is 10.1. The van der Waals surface area contributed by atoms with Crippen molar-refractivity contribution in [1.82, 2.24) is 25.7 Å². The maximum Gasteiger partial charge on any atom is 0.330 e. The quantitative estimate of drug-likeness (QED) is 0.612. The lowest BCUT2D eigenvalue weighted by molar-refractivity contribution is -0.139. The number of H-pyrrole nitrogens is 1. The van der Waals surface area contributed by atoms with E-state index in [1.807, 2.05) is 5.01 Å². The SMILES string of the molecule is O=C(N[C@H](Cc1cnc[nH]1)C(=O)O)NN1CCCCC1. The van der Waals surface area contributed by atoms with Crippen molar-refractivity contribution in [2.45, 2.75) is 31.7 Å². The summed E-state index contributed by atoms with van der Waals surface area (Å²) in [5.74, 6) is -1.08. The predicted molar refractivity (Wildman–Crippen MR) is 70.8 cm³/mol. The van der Waals surface area contributed by atoms with Gasteiger partial charge in [0.1, 0.15) is 6.04 Å². The van der Waals surface area contributed by atoms with Gasteiger partial charge in [-0.15, -0.1) is 0 Å². The molecule has 1 aliphatic heterocycles. The first kappa shape index (κ1) is 14.3. The lowest BCUT2D eigenvalue weighted by Crippen LogP contribution is -2.53. The van der Waals surface area contributed by atoms with Crippen molar-refractivity contribution in [2.75, 3.05) is 13.1 Å². The van der Waals surface area contributed by atoms with Crippen molar-refractivity contribution in [3.05, 3.63) is 18.2 Å². The van der Waals surface area contributed by atoms with E-state index in [2.05, 4.69) is 20.7 Å².